The van der Waals surface area contributed by atoms with Crippen LogP contribution in [0.3, 0.4) is 0 Å². The molecule has 2 nitrogen and oxygen atoms in total. The predicted molar refractivity (Wildman–Crippen MR) is 57.4 cm³/mol. The zero-order valence-corrected chi connectivity index (χ0v) is 9.31. The summed E-state index contributed by atoms with van der Waals surface area (Å²) in [5.74, 6) is 0.675. The van der Waals surface area contributed by atoms with Crippen molar-refractivity contribution in [3.63, 3.8) is 0 Å². The van der Waals surface area contributed by atoms with Crippen LogP contribution >= 0.6 is 11.6 Å². The molecule has 0 aliphatic carbocycles. The van der Waals surface area contributed by atoms with E-state index >= 15 is 0 Å². The van der Waals surface area contributed by atoms with Crippen molar-refractivity contribution in [1.82, 2.24) is 0 Å². The van der Waals surface area contributed by atoms with E-state index in [1.54, 1.807) is 19.2 Å². The number of hydrogen-bond donors (Lipinski definition) is 0. The highest BCUT2D eigenvalue weighted by molar-refractivity contribution is 6.31. The van der Waals surface area contributed by atoms with Gasteiger partial charge in [-0.2, -0.15) is 0 Å². The molecule has 14 heavy (non-hydrogen) atoms. The van der Waals surface area contributed by atoms with E-state index in [0.717, 1.165) is 5.56 Å². The topological polar surface area (TPSA) is 26.3 Å². The van der Waals surface area contributed by atoms with E-state index in [1.165, 1.54) is 0 Å². The van der Waals surface area contributed by atoms with E-state index in [0.29, 0.717) is 22.8 Å². The molecule has 76 valence electrons. The third kappa shape index (κ3) is 2.07. The van der Waals surface area contributed by atoms with Gasteiger partial charge in [0.05, 0.1) is 12.7 Å². The Bertz CT molecular complexity index is 359. The first kappa shape index (κ1) is 11.1. The van der Waals surface area contributed by atoms with Gasteiger partial charge in [-0.3, -0.25) is 4.79 Å². The van der Waals surface area contributed by atoms with E-state index in [-0.39, 0.29) is 5.78 Å². The number of aryl methyl sites for hydroxylation is 1. The van der Waals surface area contributed by atoms with Crippen molar-refractivity contribution in [3.05, 3.63) is 28.3 Å². The van der Waals surface area contributed by atoms with Crippen LogP contribution in [0.4, 0.5) is 0 Å². The fourth-order valence-corrected chi connectivity index (χ4v) is 1.67. The predicted octanol–water partition coefficient (Wildman–Crippen LogP) is 3.25. The average Bonchev–Trinajstić information content (AvgIpc) is 2.15. The maximum atomic E-state index is 11.6. The zero-order valence-electron chi connectivity index (χ0n) is 8.56. The Balaban J connectivity index is 3.32. The number of ether oxygens (including phenoxy) is 1. The molecule has 0 bridgehead atoms. The van der Waals surface area contributed by atoms with Gasteiger partial charge in [-0.1, -0.05) is 18.5 Å². The summed E-state index contributed by atoms with van der Waals surface area (Å²) < 4.78 is 5.17. The summed E-state index contributed by atoms with van der Waals surface area (Å²) in [4.78, 5) is 11.6. The Morgan fingerprint density at radius 3 is 2.64 bits per heavy atom. The number of rotatable bonds is 3. The molecule has 0 atom stereocenters. The maximum Gasteiger partial charge on any atom is 0.166 e. The Kier molecular flexibility index (Phi) is 3.53. The van der Waals surface area contributed by atoms with Crippen LogP contribution in [0.1, 0.15) is 29.3 Å². The first-order valence-electron chi connectivity index (χ1n) is 4.47. The Hall–Kier alpha value is -1.02. The van der Waals surface area contributed by atoms with Gasteiger partial charge < -0.3 is 4.74 Å². The third-order valence-electron chi connectivity index (χ3n) is 2.07. The third-order valence-corrected chi connectivity index (χ3v) is 2.28. The van der Waals surface area contributed by atoms with Crippen molar-refractivity contribution in [3.8, 4) is 5.75 Å². The summed E-state index contributed by atoms with van der Waals surface area (Å²) >= 11 is 5.87. The van der Waals surface area contributed by atoms with Gasteiger partial charge in [-0.05, 0) is 24.6 Å². The van der Waals surface area contributed by atoms with Crippen LogP contribution < -0.4 is 4.74 Å². The lowest BCUT2D eigenvalue weighted by Gasteiger charge is -2.10. The number of halogens is 1. The summed E-state index contributed by atoms with van der Waals surface area (Å²) in [6.45, 7) is 3.69. The molecule has 1 aromatic rings. The van der Waals surface area contributed by atoms with Gasteiger partial charge in [-0.25, -0.2) is 0 Å². The Morgan fingerprint density at radius 1 is 1.50 bits per heavy atom. The molecule has 0 saturated heterocycles. The quantitative estimate of drug-likeness (QED) is 0.719. The van der Waals surface area contributed by atoms with Crippen LogP contribution in [0.2, 0.25) is 5.02 Å². The van der Waals surface area contributed by atoms with Gasteiger partial charge >= 0.3 is 0 Å². The van der Waals surface area contributed by atoms with Crippen LogP contribution in [0, 0.1) is 6.92 Å². The van der Waals surface area contributed by atoms with Crippen molar-refractivity contribution in [2.24, 2.45) is 0 Å². The Morgan fingerprint density at radius 2 is 2.14 bits per heavy atom. The van der Waals surface area contributed by atoms with Crippen molar-refractivity contribution in [1.29, 1.82) is 0 Å². The van der Waals surface area contributed by atoms with Crippen LogP contribution in [0.25, 0.3) is 0 Å². The molecule has 1 aromatic carbocycles. The molecule has 0 aliphatic rings. The normalized spacial score (nSPS) is 10.0. The highest BCUT2D eigenvalue weighted by Crippen LogP contribution is 2.28. The monoisotopic (exact) mass is 212 g/mol. The summed E-state index contributed by atoms with van der Waals surface area (Å²) in [6, 6.07) is 3.44. The van der Waals surface area contributed by atoms with Gasteiger partial charge in [0, 0.05) is 11.4 Å². The van der Waals surface area contributed by atoms with Crippen molar-refractivity contribution >= 4 is 17.4 Å². The fraction of sp³-hybridized carbons (Fsp3) is 0.364. The molecule has 0 fully saturated rings. The molecule has 0 spiro atoms. The standard InChI is InChI=1S/C11H13ClO2/c1-4-10(13)9-6-8(12)5-7(2)11(9)14-3/h5-6H,4H2,1-3H3. The molecule has 0 saturated carbocycles. The lowest BCUT2D eigenvalue weighted by molar-refractivity contribution is 0.0985. The second-order valence-corrected chi connectivity index (χ2v) is 3.52. The lowest BCUT2D eigenvalue weighted by Crippen LogP contribution is -2.02. The molecule has 0 aromatic heterocycles. The minimum Gasteiger partial charge on any atom is -0.496 e. The number of methoxy groups -OCH3 is 1. The van der Waals surface area contributed by atoms with Gasteiger partial charge in [0.2, 0.25) is 0 Å². The largest absolute Gasteiger partial charge is 0.496 e. The highest BCUT2D eigenvalue weighted by Gasteiger charge is 2.13. The van der Waals surface area contributed by atoms with Gasteiger partial charge in [-0.15, -0.1) is 0 Å². The van der Waals surface area contributed by atoms with Gasteiger partial charge in [0.25, 0.3) is 0 Å². The van der Waals surface area contributed by atoms with Crippen LogP contribution in [0.15, 0.2) is 12.1 Å². The number of hydrogen-bond acceptors (Lipinski definition) is 2. The molecule has 0 amide bonds. The van der Waals surface area contributed by atoms with Gasteiger partial charge in [0.15, 0.2) is 5.78 Å². The summed E-state index contributed by atoms with van der Waals surface area (Å²) in [7, 11) is 1.56. The first-order valence-corrected chi connectivity index (χ1v) is 4.85. The molecule has 0 heterocycles. The second kappa shape index (κ2) is 4.47. The van der Waals surface area contributed by atoms with Gasteiger partial charge in [0.1, 0.15) is 5.75 Å². The number of carbonyl (C=O) groups is 1. The number of Topliss-reactive ketones (excluding diaryl/α,β-unsaturated/α-hetero) is 1. The van der Waals surface area contributed by atoms with Crippen molar-refractivity contribution in [2.45, 2.75) is 20.3 Å². The lowest BCUT2D eigenvalue weighted by atomic mass is 10.0. The zero-order chi connectivity index (χ0) is 10.7. The van der Waals surface area contributed by atoms with E-state index in [9.17, 15) is 4.79 Å². The SMILES string of the molecule is CCC(=O)c1cc(Cl)cc(C)c1OC. The number of benzene rings is 1. The van der Waals surface area contributed by atoms with Crippen LogP contribution in [0.5, 0.6) is 5.75 Å². The van der Waals surface area contributed by atoms with Crippen molar-refractivity contribution in [2.75, 3.05) is 7.11 Å². The average molecular weight is 213 g/mol. The molecule has 0 unspecified atom stereocenters. The molecule has 0 radical (unpaired) electrons. The maximum absolute atomic E-state index is 11.6. The molecule has 3 heteroatoms. The van der Waals surface area contributed by atoms with E-state index in [2.05, 4.69) is 0 Å². The number of ketones is 1. The smallest absolute Gasteiger partial charge is 0.166 e. The van der Waals surface area contributed by atoms with Crippen LogP contribution in [-0.2, 0) is 0 Å². The summed E-state index contributed by atoms with van der Waals surface area (Å²) in [6.07, 6.45) is 0.455. The highest BCUT2D eigenvalue weighted by atomic mass is 35.5. The Labute approximate surface area is 88.8 Å². The summed E-state index contributed by atoms with van der Waals surface area (Å²) in [5, 5.41) is 0.570. The fourth-order valence-electron chi connectivity index (χ4n) is 1.40. The van der Waals surface area contributed by atoms with Crippen molar-refractivity contribution < 1.29 is 9.53 Å². The van der Waals surface area contributed by atoms with E-state index < -0.39 is 0 Å². The molecular weight excluding hydrogens is 200 g/mol. The van der Waals surface area contributed by atoms with Crippen LogP contribution in [-0.4, -0.2) is 12.9 Å². The minimum absolute atomic E-state index is 0.0486. The number of carbonyl (C=O) groups excluding carboxylic acids is 1. The second-order valence-electron chi connectivity index (χ2n) is 3.08. The molecular formula is C11H13ClO2. The first-order chi connectivity index (χ1) is 6.60. The minimum atomic E-state index is 0.0486. The molecule has 1 rings (SSSR count). The van der Waals surface area contributed by atoms with E-state index in [1.807, 2.05) is 13.8 Å². The van der Waals surface area contributed by atoms with E-state index in [4.69, 9.17) is 16.3 Å². The molecule has 0 aliphatic heterocycles. The summed E-state index contributed by atoms with van der Waals surface area (Å²) in [5.41, 5.74) is 1.46. The molecule has 0 N–H and O–H groups in total.